The summed E-state index contributed by atoms with van der Waals surface area (Å²) in [5.74, 6) is 0.195. The standard InChI is InChI=1S/C15H22N2OS/c1-12(18)11-15(2,3)16-14(19-5)17(4)13-9-7-6-8-10-13/h6-10H,11H2,1-5H3/p+1. The lowest BCUT2D eigenvalue weighted by molar-refractivity contribution is -0.404. The van der Waals surface area contributed by atoms with E-state index in [2.05, 4.69) is 22.0 Å². The van der Waals surface area contributed by atoms with E-state index in [-0.39, 0.29) is 11.3 Å². The number of benzene rings is 1. The largest absolute Gasteiger partial charge is 0.311 e. The molecule has 0 bridgehead atoms. The smallest absolute Gasteiger partial charge is 0.300 e. The van der Waals surface area contributed by atoms with Crippen molar-refractivity contribution < 1.29 is 9.37 Å². The van der Waals surface area contributed by atoms with Gasteiger partial charge in [0.05, 0.1) is 7.05 Å². The predicted molar refractivity (Wildman–Crippen MR) is 83.3 cm³/mol. The average Bonchev–Trinajstić information content (AvgIpc) is 2.34. The van der Waals surface area contributed by atoms with E-state index in [1.54, 1.807) is 18.7 Å². The van der Waals surface area contributed by atoms with Gasteiger partial charge in [-0.05, 0) is 50.9 Å². The van der Waals surface area contributed by atoms with Crippen LogP contribution in [0.15, 0.2) is 30.3 Å². The minimum Gasteiger partial charge on any atom is -0.300 e. The van der Waals surface area contributed by atoms with Gasteiger partial charge in [-0.25, -0.2) is 4.58 Å². The maximum atomic E-state index is 11.3. The highest BCUT2D eigenvalue weighted by Gasteiger charge is 2.27. The molecule has 0 heterocycles. The Hall–Kier alpha value is -1.29. The van der Waals surface area contributed by atoms with Gasteiger partial charge in [-0.3, -0.25) is 10.1 Å². The van der Waals surface area contributed by atoms with Crippen molar-refractivity contribution in [3.8, 4) is 0 Å². The van der Waals surface area contributed by atoms with Crippen LogP contribution in [0.4, 0.5) is 5.69 Å². The molecule has 4 heteroatoms. The van der Waals surface area contributed by atoms with Crippen LogP contribution >= 0.6 is 11.8 Å². The fraction of sp³-hybridized carbons (Fsp3) is 0.467. The Balaban J connectivity index is 2.97. The number of hydrogen-bond donors (Lipinski definition) is 1. The number of para-hydroxylation sites is 1. The third kappa shape index (κ3) is 5.07. The first-order chi connectivity index (χ1) is 8.85. The zero-order chi connectivity index (χ0) is 14.5. The Morgan fingerprint density at radius 3 is 2.37 bits per heavy atom. The normalized spacial score (nSPS) is 12.9. The summed E-state index contributed by atoms with van der Waals surface area (Å²) < 4.78 is 2.10. The second kappa shape index (κ2) is 6.75. The summed E-state index contributed by atoms with van der Waals surface area (Å²) in [6, 6.07) is 10.2. The van der Waals surface area contributed by atoms with Gasteiger partial charge < -0.3 is 0 Å². The molecule has 0 spiro atoms. The summed E-state index contributed by atoms with van der Waals surface area (Å²) in [6.07, 6.45) is 2.55. The first-order valence-electron chi connectivity index (χ1n) is 6.33. The highest BCUT2D eigenvalue weighted by atomic mass is 32.2. The predicted octanol–water partition coefficient (Wildman–Crippen LogP) is 3.03. The Morgan fingerprint density at radius 1 is 1.32 bits per heavy atom. The molecule has 0 unspecified atom stereocenters. The fourth-order valence-corrected chi connectivity index (χ4v) is 2.75. The number of Topliss-reactive ketones (excluding diaryl/α,β-unsaturated/α-hetero) is 1. The quantitative estimate of drug-likeness (QED) is 0.522. The van der Waals surface area contributed by atoms with Gasteiger partial charge in [-0.15, -0.1) is 0 Å². The van der Waals surface area contributed by atoms with E-state index in [0.29, 0.717) is 6.42 Å². The SMILES string of the molecule is CSC(NC(C)(C)CC(C)=O)=[N+](C)c1ccccc1. The van der Waals surface area contributed by atoms with Crippen molar-refractivity contribution in [3.63, 3.8) is 0 Å². The molecule has 19 heavy (non-hydrogen) atoms. The monoisotopic (exact) mass is 279 g/mol. The van der Waals surface area contributed by atoms with Gasteiger partial charge in [0.1, 0.15) is 17.0 Å². The van der Waals surface area contributed by atoms with Crippen LogP contribution in [0.2, 0.25) is 0 Å². The zero-order valence-corrected chi connectivity index (χ0v) is 13.2. The second-order valence-corrected chi connectivity index (χ2v) is 6.09. The minimum atomic E-state index is -0.243. The number of amidine groups is 1. The average molecular weight is 279 g/mol. The molecule has 1 aromatic carbocycles. The lowest BCUT2D eigenvalue weighted by Crippen LogP contribution is -2.45. The second-order valence-electron chi connectivity index (χ2n) is 5.29. The number of hydrogen-bond acceptors (Lipinski definition) is 2. The highest BCUT2D eigenvalue weighted by molar-refractivity contribution is 8.13. The van der Waals surface area contributed by atoms with Crippen molar-refractivity contribution in [2.45, 2.75) is 32.7 Å². The van der Waals surface area contributed by atoms with Gasteiger partial charge in [-0.2, -0.15) is 0 Å². The third-order valence-corrected chi connectivity index (χ3v) is 3.54. The zero-order valence-electron chi connectivity index (χ0n) is 12.4. The topological polar surface area (TPSA) is 32.1 Å². The lowest BCUT2D eigenvalue weighted by atomic mass is 9.99. The molecule has 0 aliphatic heterocycles. The molecular formula is C15H23N2OS+. The van der Waals surface area contributed by atoms with E-state index < -0.39 is 0 Å². The highest BCUT2D eigenvalue weighted by Crippen LogP contribution is 2.15. The maximum absolute atomic E-state index is 11.3. The van der Waals surface area contributed by atoms with E-state index in [1.807, 2.05) is 45.4 Å². The van der Waals surface area contributed by atoms with Crippen molar-refractivity contribution in [3.05, 3.63) is 30.3 Å². The number of ketones is 1. The van der Waals surface area contributed by atoms with Gasteiger partial charge in [-0.1, -0.05) is 18.2 Å². The molecule has 104 valence electrons. The molecule has 1 N–H and O–H groups in total. The van der Waals surface area contributed by atoms with Crippen molar-refractivity contribution in [1.29, 1.82) is 0 Å². The molecule has 1 aromatic rings. The molecule has 0 aliphatic rings. The molecule has 3 nitrogen and oxygen atoms in total. The van der Waals surface area contributed by atoms with Crippen LogP contribution in [0, 0.1) is 0 Å². The molecule has 0 saturated carbocycles. The van der Waals surface area contributed by atoms with E-state index >= 15 is 0 Å². The molecule has 0 aliphatic carbocycles. The molecular weight excluding hydrogens is 256 g/mol. The van der Waals surface area contributed by atoms with E-state index in [1.165, 1.54) is 0 Å². The van der Waals surface area contributed by atoms with Crippen LogP contribution < -0.4 is 5.32 Å². The summed E-state index contributed by atoms with van der Waals surface area (Å²) in [4.78, 5) is 11.3. The van der Waals surface area contributed by atoms with Crippen LogP contribution in [0.3, 0.4) is 0 Å². The van der Waals surface area contributed by atoms with Crippen LogP contribution in [0.25, 0.3) is 0 Å². The number of nitrogens with one attached hydrogen (secondary N) is 1. The molecule has 0 aromatic heterocycles. The summed E-state index contributed by atoms with van der Waals surface area (Å²) in [5, 5.41) is 4.50. The van der Waals surface area contributed by atoms with Crippen molar-refractivity contribution in [2.75, 3.05) is 13.3 Å². The first-order valence-corrected chi connectivity index (χ1v) is 7.55. The van der Waals surface area contributed by atoms with Gasteiger partial charge in [0.2, 0.25) is 0 Å². The lowest BCUT2D eigenvalue weighted by Gasteiger charge is -2.21. The molecule has 0 radical (unpaired) electrons. The van der Waals surface area contributed by atoms with Crippen molar-refractivity contribution >= 4 is 28.4 Å². The minimum absolute atomic E-state index is 0.195. The Morgan fingerprint density at radius 2 is 1.89 bits per heavy atom. The van der Waals surface area contributed by atoms with Gasteiger partial charge in [0.25, 0.3) is 0 Å². The summed E-state index contributed by atoms with van der Waals surface area (Å²) in [6.45, 7) is 5.72. The number of thioether (sulfide) groups is 1. The van der Waals surface area contributed by atoms with Gasteiger partial charge >= 0.3 is 5.17 Å². The molecule has 0 saturated heterocycles. The third-order valence-electron chi connectivity index (χ3n) is 2.78. The number of carbonyl (C=O) groups is 1. The molecule has 1 rings (SSSR count). The van der Waals surface area contributed by atoms with Crippen molar-refractivity contribution in [2.24, 2.45) is 0 Å². The number of nitrogens with zero attached hydrogens (tertiary/aromatic N) is 1. The number of rotatable bonds is 4. The van der Waals surface area contributed by atoms with Crippen LogP contribution in [-0.4, -0.2) is 34.4 Å². The molecule has 0 atom stereocenters. The maximum Gasteiger partial charge on any atom is 0.311 e. The van der Waals surface area contributed by atoms with Gasteiger partial charge in [0, 0.05) is 6.42 Å². The van der Waals surface area contributed by atoms with E-state index in [4.69, 9.17) is 0 Å². The van der Waals surface area contributed by atoms with E-state index in [0.717, 1.165) is 10.9 Å². The molecule has 0 amide bonds. The Bertz CT molecular complexity index is 466. The summed E-state index contributed by atoms with van der Waals surface area (Å²) in [7, 11) is 2.03. The van der Waals surface area contributed by atoms with Crippen molar-refractivity contribution in [1.82, 2.24) is 5.32 Å². The van der Waals surface area contributed by atoms with Crippen LogP contribution in [-0.2, 0) is 4.79 Å². The number of carbonyl (C=O) groups excluding carboxylic acids is 1. The fourth-order valence-electron chi connectivity index (χ4n) is 2.00. The van der Waals surface area contributed by atoms with Crippen LogP contribution in [0.5, 0.6) is 0 Å². The molecule has 0 fully saturated rings. The Kier molecular flexibility index (Phi) is 5.60. The summed E-state index contributed by atoms with van der Waals surface area (Å²) in [5.41, 5.74) is 0.880. The van der Waals surface area contributed by atoms with Gasteiger partial charge in [0.15, 0.2) is 0 Å². The first kappa shape index (κ1) is 15.8. The van der Waals surface area contributed by atoms with Crippen LogP contribution in [0.1, 0.15) is 27.2 Å². The Labute approximate surface area is 120 Å². The summed E-state index contributed by atoms with van der Waals surface area (Å²) >= 11 is 1.65. The van der Waals surface area contributed by atoms with E-state index in [9.17, 15) is 4.79 Å².